The average molecular weight is 268 g/mol. The fourth-order valence-electron chi connectivity index (χ4n) is 1.34. The zero-order chi connectivity index (χ0) is 14.6. The highest BCUT2D eigenvalue weighted by Gasteiger charge is 2.17. The number of ether oxygens (including phenoxy) is 1. The Morgan fingerprint density at radius 1 is 1.47 bits per heavy atom. The largest absolute Gasteiger partial charge is 0.506 e. The number of nitrogens with one attached hydrogen (secondary N) is 1. The molecule has 0 saturated carbocycles. The second-order valence-corrected chi connectivity index (χ2v) is 4.97. The number of benzene rings is 1. The average Bonchev–Trinajstić information content (AvgIpc) is 2.18. The molecule has 0 aliphatic heterocycles. The van der Waals surface area contributed by atoms with Gasteiger partial charge in [0, 0.05) is 10.5 Å². The normalized spacial score (nSPS) is 10.9. The zero-order valence-electron chi connectivity index (χ0n) is 11.0. The van der Waals surface area contributed by atoms with Gasteiger partial charge in [0.25, 0.3) is 0 Å². The van der Waals surface area contributed by atoms with Crippen LogP contribution in [0.5, 0.6) is 5.75 Å². The van der Waals surface area contributed by atoms with Gasteiger partial charge in [0.05, 0.1) is 5.69 Å². The van der Waals surface area contributed by atoms with Crippen molar-refractivity contribution < 1.29 is 19.6 Å². The lowest BCUT2D eigenvalue weighted by atomic mass is 10.2. The molecule has 0 atom stereocenters. The molecule has 2 N–H and O–H groups in total. The van der Waals surface area contributed by atoms with E-state index >= 15 is 0 Å². The second-order valence-electron chi connectivity index (χ2n) is 4.97. The van der Waals surface area contributed by atoms with Gasteiger partial charge >= 0.3 is 6.09 Å². The topological polar surface area (TPSA) is 102 Å². The van der Waals surface area contributed by atoms with E-state index in [4.69, 9.17) is 4.74 Å². The summed E-state index contributed by atoms with van der Waals surface area (Å²) in [5, 5.41) is 22.4. The van der Waals surface area contributed by atoms with Crippen molar-refractivity contribution in [2.75, 3.05) is 5.32 Å². The minimum absolute atomic E-state index is 0.140. The molecule has 7 heteroatoms. The minimum Gasteiger partial charge on any atom is -0.506 e. The maximum absolute atomic E-state index is 11.5. The van der Waals surface area contributed by atoms with Crippen LogP contribution in [0.25, 0.3) is 0 Å². The molecule has 1 aromatic rings. The molecule has 0 spiro atoms. The monoisotopic (exact) mass is 268 g/mol. The third kappa shape index (κ3) is 5.24. The minimum atomic E-state index is -0.704. The van der Waals surface area contributed by atoms with Crippen LogP contribution in [0.15, 0.2) is 18.2 Å². The van der Waals surface area contributed by atoms with Crippen LogP contribution in [0.2, 0.25) is 0 Å². The first-order chi connectivity index (χ1) is 8.67. The molecule has 0 aromatic heterocycles. The summed E-state index contributed by atoms with van der Waals surface area (Å²) >= 11 is 0. The van der Waals surface area contributed by atoms with Crippen molar-refractivity contribution in [1.29, 1.82) is 0 Å². The number of aromatic hydroxyl groups is 1. The van der Waals surface area contributed by atoms with E-state index in [1.807, 2.05) is 0 Å². The summed E-state index contributed by atoms with van der Waals surface area (Å²) in [5.41, 5.74) is -0.163. The number of amides is 1. The zero-order valence-corrected chi connectivity index (χ0v) is 11.0. The van der Waals surface area contributed by atoms with Gasteiger partial charge in [-0.15, -0.1) is 0 Å². The van der Waals surface area contributed by atoms with E-state index in [1.165, 1.54) is 18.2 Å². The summed E-state index contributed by atoms with van der Waals surface area (Å²) in [6.45, 7) is 4.76. The molecule has 1 amide bonds. The predicted octanol–water partition coefficient (Wildman–Crippen LogP) is 2.52. The summed E-state index contributed by atoms with van der Waals surface area (Å²) in [7, 11) is 0. The van der Waals surface area contributed by atoms with E-state index < -0.39 is 16.6 Å². The van der Waals surface area contributed by atoms with Crippen LogP contribution in [-0.2, 0) is 11.3 Å². The van der Waals surface area contributed by atoms with Crippen molar-refractivity contribution in [2.24, 2.45) is 0 Å². The first kappa shape index (κ1) is 14.7. The van der Waals surface area contributed by atoms with Crippen LogP contribution < -0.4 is 5.32 Å². The maximum atomic E-state index is 11.5. The number of hydrogen-bond donors (Lipinski definition) is 2. The molecule has 0 bridgehead atoms. The van der Waals surface area contributed by atoms with E-state index in [-0.39, 0.29) is 18.0 Å². The van der Waals surface area contributed by atoms with Crippen molar-refractivity contribution in [3.63, 3.8) is 0 Å². The molecule has 7 nitrogen and oxygen atoms in total. The highest BCUT2D eigenvalue weighted by molar-refractivity contribution is 5.86. The summed E-state index contributed by atoms with van der Waals surface area (Å²) < 4.78 is 5.02. The summed E-state index contributed by atoms with van der Waals surface area (Å²) in [4.78, 5) is 21.3. The lowest BCUT2D eigenvalue weighted by Crippen LogP contribution is -2.27. The van der Waals surface area contributed by atoms with Crippen LogP contribution in [-0.4, -0.2) is 21.7 Å². The Balaban J connectivity index is 2.75. The smallest absolute Gasteiger partial charge is 0.412 e. The Kier molecular flexibility index (Phi) is 4.31. The Morgan fingerprint density at radius 2 is 2.11 bits per heavy atom. The molecule has 0 heterocycles. The molecule has 0 aliphatic rings. The molecular formula is C12H16N2O5. The molecule has 0 saturated heterocycles. The number of carbonyl (C=O) groups excluding carboxylic acids is 1. The summed E-state index contributed by atoms with van der Waals surface area (Å²) in [6, 6.07) is 4.07. The quantitative estimate of drug-likeness (QED) is 0.498. The van der Waals surface area contributed by atoms with E-state index in [2.05, 4.69) is 5.32 Å². The number of anilines is 1. The Morgan fingerprint density at radius 3 is 2.58 bits per heavy atom. The van der Waals surface area contributed by atoms with Crippen LogP contribution in [0, 0.1) is 10.1 Å². The van der Waals surface area contributed by atoms with E-state index in [1.54, 1.807) is 20.8 Å². The van der Waals surface area contributed by atoms with Gasteiger partial charge in [-0.25, -0.2) is 4.79 Å². The van der Waals surface area contributed by atoms with Crippen molar-refractivity contribution in [1.82, 2.24) is 0 Å². The van der Waals surface area contributed by atoms with Gasteiger partial charge in [0.1, 0.15) is 11.4 Å². The molecule has 0 fully saturated rings. The molecule has 0 unspecified atom stereocenters. The van der Waals surface area contributed by atoms with Crippen LogP contribution >= 0.6 is 0 Å². The Bertz CT molecular complexity index is 493. The molecule has 1 rings (SSSR count). The number of phenolic OH excluding ortho intramolecular Hbond substituents is 1. The molecular weight excluding hydrogens is 252 g/mol. The van der Waals surface area contributed by atoms with E-state index in [0.29, 0.717) is 5.56 Å². The van der Waals surface area contributed by atoms with Crippen molar-refractivity contribution >= 4 is 11.8 Å². The Hall–Kier alpha value is -2.31. The molecule has 19 heavy (non-hydrogen) atoms. The second kappa shape index (κ2) is 5.55. The number of rotatable bonds is 3. The van der Waals surface area contributed by atoms with Crippen LogP contribution in [0.3, 0.4) is 0 Å². The SMILES string of the molecule is CC(C)(C)OC(=O)Nc1ccc(C[N+](=O)[O-])cc1O. The van der Waals surface area contributed by atoms with E-state index in [0.717, 1.165) is 0 Å². The highest BCUT2D eigenvalue weighted by Crippen LogP contribution is 2.25. The van der Waals surface area contributed by atoms with Gasteiger partial charge in [-0.3, -0.25) is 15.4 Å². The van der Waals surface area contributed by atoms with Gasteiger partial charge in [0.2, 0.25) is 6.54 Å². The van der Waals surface area contributed by atoms with E-state index in [9.17, 15) is 20.0 Å². The number of phenols is 1. The lowest BCUT2D eigenvalue weighted by Gasteiger charge is -2.19. The maximum Gasteiger partial charge on any atom is 0.412 e. The standard InChI is InChI=1S/C12H16N2O5/c1-12(2,3)19-11(16)13-9-5-4-8(6-10(9)15)7-14(17)18/h4-6,15H,7H2,1-3H3,(H,13,16). The first-order valence-corrected chi connectivity index (χ1v) is 5.61. The summed E-state index contributed by atoms with van der Waals surface area (Å²) in [6.07, 6.45) is -0.704. The lowest BCUT2D eigenvalue weighted by molar-refractivity contribution is -0.496. The van der Waals surface area contributed by atoms with Gasteiger partial charge in [-0.1, -0.05) is 6.07 Å². The predicted molar refractivity (Wildman–Crippen MR) is 68.7 cm³/mol. The van der Waals surface area contributed by atoms with Crippen LogP contribution in [0.4, 0.5) is 10.5 Å². The molecule has 0 aliphatic carbocycles. The first-order valence-electron chi connectivity index (χ1n) is 5.61. The summed E-state index contributed by atoms with van der Waals surface area (Å²) in [5.74, 6) is -0.245. The fraction of sp³-hybridized carbons (Fsp3) is 0.417. The number of carbonyl (C=O) groups is 1. The van der Waals surface area contributed by atoms with Crippen LogP contribution in [0.1, 0.15) is 26.3 Å². The van der Waals surface area contributed by atoms with Crippen molar-refractivity contribution in [3.05, 3.63) is 33.9 Å². The van der Waals surface area contributed by atoms with Gasteiger partial charge in [-0.05, 0) is 32.9 Å². The van der Waals surface area contributed by atoms with Gasteiger partial charge in [0.15, 0.2) is 0 Å². The third-order valence-electron chi connectivity index (χ3n) is 2.01. The number of hydrogen-bond acceptors (Lipinski definition) is 5. The Labute approximate surface area is 110 Å². The van der Waals surface area contributed by atoms with Gasteiger partial charge < -0.3 is 9.84 Å². The number of nitro groups is 1. The van der Waals surface area contributed by atoms with Crippen molar-refractivity contribution in [3.8, 4) is 5.75 Å². The highest BCUT2D eigenvalue weighted by atomic mass is 16.6. The van der Waals surface area contributed by atoms with Crippen molar-refractivity contribution in [2.45, 2.75) is 32.9 Å². The molecule has 104 valence electrons. The molecule has 0 radical (unpaired) electrons. The third-order valence-corrected chi connectivity index (χ3v) is 2.01. The van der Waals surface area contributed by atoms with Gasteiger partial charge in [-0.2, -0.15) is 0 Å². The fourth-order valence-corrected chi connectivity index (χ4v) is 1.34. The number of nitrogens with zero attached hydrogens (tertiary/aromatic N) is 1. The molecule has 1 aromatic carbocycles.